The Balaban J connectivity index is 0.00000192. The first-order valence-electron chi connectivity index (χ1n) is 7.23. The first-order valence-corrected chi connectivity index (χ1v) is 7.23. The van der Waals surface area contributed by atoms with Crippen LogP contribution >= 0.6 is 12.4 Å². The minimum Gasteiger partial charge on any atom is -0.338 e. The van der Waals surface area contributed by atoms with Gasteiger partial charge in [0, 0.05) is 32.2 Å². The van der Waals surface area contributed by atoms with Gasteiger partial charge in [-0.25, -0.2) is 8.78 Å². The van der Waals surface area contributed by atoms with Crippen molar-refractivity contribution in [1.82, 2.24) is 9.80 Å². The Hall–Kier alpha value is -1.73. The summed E-state index contributed by atoms with van der Waals surface area (Å²) in [4.78, 5) is 27.5. The fourth-order valence-electron chi connectivity index (χ4n) is 2.61. The summed E-state index contributed by atoms with van der Waals surface area (Å²) < 4.78 is 26.5. The summed E-state index contributed by atoms with van der Waals surface area (Å²) in [5.74, 6) is -2.16. The van der Waals surface area contributed by atoms with Gasteiger partial charge in [0.2, 0.25) is 5.91 Å². The Kier molecular flexibility index (Phi) is 4.91. The molecule has 1 saturated heterocycles. The monoisotopic (exact) mass is 345 g/mol. The van der Waals surface area contributed by atoms with Gasteiger partial charge in [-0.05, 0) is 25.0 Å². The molecule has 1 aromatic rings. The number of piperazine rings is 1. The van der Waals surface area contributed by atoms with Gasteiger partial charge >= 0.3 is 0 Å². The van der Waals surface area contributed by atoms with E-state index >= 15 is 0 Å². The minimum atomic E-state index is -0.873. The van der Waals surface area contributed by atoms with Crippen LogP contribution < -0.4 is 5.73 Å². The fourth-order valence-corrected chi connectivity index (χ4v) is 2.61. The molecule has 0 unspecified atom stereocenters. The van der Waals surface area contributed by atoms with Crippen LogP contribution in [0.4, 0.5) is 8.78 Å². The van der Waals surface area contributed by atoms with Crippen LogP contribution in [0.3, 0.4) is 0 Å². The van der Waals surface area contributed by atoms with Gasteiger partial charge in [0.25, 0.3) is 5.91 Å². The standard InChI is InChI=1S/C15H17F2N3O2.ClH/c16-10-1-2-11(12(17)9-10)13(21)19-5-7-20(8-6-19)14(22)15(18)3-4-15;/h1-2,9H,3-8,18H2;1H. The summed E-state index contributed by atoms with van der Waals surface area (Å²) in [5, 5.41) is 0. The fraction of sp³-hybridized carbons (Fsp3) is 0.467. The van der Waals surface area contributed by atoms with Crippen LogP contribution in [-0.2, 0) is 4.79 Å². The maximum Gasteiger partial charge on any atom is 0.256 e. The van der Waals surface area contributed by atoms with Crippen LogP contribution in [-0.4, -0.2) is 53.3 Å². The molecule has 2 fully saturated rings. The van der Waals surface area contributed by atoms with E-state index in [-0.39, 0.29) is 23.9 Å². The highest BCUT2D eigenvalue weighted by atomic mass is 35.5. The summed E-state index contributed by atoms with van der Waals surface area (Å²) in [6.07, 6.45) is 1.40. The van der Waals surface area contributed by atoms with Crippen LogP contribution in [0.2, 0.25) is 0 Å². The molecule has 23 heavy (non-hydrogen) atoms. The lowest BCUT2D eigenvalue weighted by Gasteiger charge is -2.36. The van der Waals surface area contributed by atoms with E-state index in [1.165, 1.54) is 4.90 Å². The van der Waals surface area contributed by atoms with E-state index in [0.717, 1.165) is 12.1 Å². The van der Waals surface area contributed by atoms with Crippen molar-refractivity contribution in [3.63, 3.8) is 0 Å². The number of carbonyl (C=O) groups is 2. The van der Waals surface area contributed by atoms with Crippen LogP contribution in [0.5, 0.6) is 0 Å². The van der Waals surface area contributed by atoms with E-state index in [9.17, 15) is 18.4 Å². The molecule has 1 saturated carbocycles. The Morgan fingerprint density at radius 3 is 2.13 bits per heavy atom. The third-order valence-corrected chi connectivity index (χ3v) is 4.23. The van der Waals surface area contributed by atoms with Crippen molar-refractivity contribution in [2.45, 2.75) is 18.4 Å². The molecule has 1 aliphatic carbocycles. The third kappa shape index (κ3) is 3.45. The van der Waals surface area contributed by atoms with Crippen LogP contribution in [0.1, 0.15) is 23.2 Å². The van der Waals surface area contributed by atoms with Crippen LogP contribution in [0, 0.1) is 11.6 Å². The van der Waals surface area contributed by atoms with Crippen molar-refractivity contribution < 1.29 is 18.4 Å². The van der Waals surface area contributed by atoms with Crippen molar-refractivity contribution >= 4 is 24.2 Å². The molecule has 8 heteroatoms. The second-order valence-corrected chi connectivity index (χ2v) is 5.86. The molecule has 0 spiro atoms. The van der Waals surface area contributed by atoms with E-state index in [4.69, 9.17) is 5.73 Å². The molecular weight excluding hydrogens is 328 g/mol. The number of hydrogen-bond acceptors (Lipinski definition) is 3. The molecule has 3 rings (SSSR count). The lowest BCUT2D eigenvalue weighted by atomic mass is 10.1. The Morgan fingerprint density at radius 2 is 1.61 bits per heavy atom. The number of benzene rings is 1. The summed E-state index contributed by atoms with van der Waals surface area (Å²) in [6, 6.07) is 2.89. The highest BCUT2D eigenvalue weighted by Crippen LogP contribution is 2.34. The van der Waals surface area contributed by atoms with E-state index in [2.05, 4.69) is 0 Å². The molecule has 0 bridgehead atoms. The van der Waals surface area contributed by atoms with Crippen molar-refractivity contribution in [2.75, 3.05) is 26.2 Å². The van der Waals surface area contributed by atoms with E-state index in [1.54, 1.807) is 4.90 Å². The van der Waals surface area contributed by atoms with Gasteiger partial charge < -0.3 is 15.5 Å². The number of nitrogens with zero attached hydrogens (tertiary/aromatic N) is 2. The lowest BCUT2D eigenvalue weighted by molar-refractivity contribution is -0.135. The quantitative estimate of drug-likeness (QED) is 0.874. The Morgan fingerprint density at radius 1 is 1.04 bits per heavy atom. The highest BCUT2D eigenvalue weighted by molar-refractivity contribution is 5.95. The van der Waals surface area contributed by atoms with Gasteiger partial charge in [0.15, 0.2) is 0 Å². The molecule has 126 valence electrons. The maximum atomic E-state index is 13.7. The minimum absolute atomic E-state index is 0. The predicted octanol–water partition coefficient (Wildman–Crippen LogP) is 1.16. The first-order chi connectivity index (χ1) is 10.4. The second-order valence-electron chi connectivity index (χ2n) is 5.86. The topological polar surface area (TPSA) is 66.6 Å². The second kappa shape index (κ2) is 6.41. The van der Waals surface area contributed by atoms with Gasteiger partial charge in [-0.3, -0.25) is 9.59 Å². The number of hydrogen-bond donors (Lipinski definition) is 1. The lowest BCUT2D eigenvalue weighted by Crippen LogP contribution is -2.55. The van der Waals surface area contributed by atoms with E-state index < -0.39 is 23.1 Å². The van der Waals surface area contributed by atoms with E-state index in [1.807, 2.05) is 0 Å². The smallest absolute Gasteiger partial charge is 0.256 e. The number of rotatable bonds is 2. The van der Waals surface area contributed by atoms with Crippen LogP contribution in [0.25, 0.3) is 0 Å². The van der Waals surface area contributed by atoms with Crippen molar-refractivity contribution in [1.29, 1.82) is 0 Å². The molecule has 0 atom stereocenters. The average molecular weight is 346 g/mol. The molecule has 2 N–H and O–H groups in total. The van der Waals surface area contributed by atoms with Gasteiger partial charge in [-0.2, -0.15) is 0 Å². The zero-order valence-corrected chi connectivity index (χ0v) is 13.2. The molecule has 0 radical (unpaired) electrons. The maximum absolute atomic E-state index is 13.7. The summed E-state index contributed by atoms with van der Waals surface area (Å²) in [5.41, 5.74) is 5.02. The first kappa shape index (κ1) is 17.6. The molecule has 1 heterocycles. The zero-order chi connectivity index (χ0) is 15.9. The third-order valence-electron chi connectivity index (χ3n) is 4.23. The Bertz CT molecular complexity index is 629. The Labute approximate surface area is 138 Å². The molecule has 5 nitrogen and oxygen atoms in total. The summed E-state index contributed by atoms with van der Waals surface area (Å²) >= 11 is 0. The molecule has 2 amide bonds. The number of amides is 2. The van der Waals surface area contributed by atoms with Crippen molar-refractivity contribution in [2.24, 2.45) is 5.73 Å². The van der Waals surface area contributed by atoms with E-state index in [0.29, 0.717) is 45.1 Å². The van der Waals surface area contributed by atoms with Gasteiger partial charge in [0.05, 0.1) is 11.1 Å². The predicted molar refractivity (Wildman–Crippen MR) is 82.2 cm³/mol. The van der Waals surface area contributed by atoms with Gasteiger partial charge in [-0.15, -0.1) is 12.4 Å². The average Bonchev–Trinajstić information content (AvgIpc) is 3.25. The number of halogens is 3. The normalized spacial score (nSPS) is 19.1. The molecule has 0 aromatic heterocycles. The van der Waals surface area contributed by atoms with Gasteiger partial charge in [0.1, 0.15) is 11.6 Å². The highest BCUT2D eigenvalue weighted by Gasteiger charge is 2.48. The number of nitrogens with two attached hydrogens (primary N) is 1. The molecular formula is C15H18ClF2N3O2. The largest absolute Gasteiger partial charge is 0.338 e. The van der Waals surface area contributed by atoms with Crippen molar-refractivity contribution in [3.05, 3.63) is 35.4 Å². The zero-order valence-electron chi connectivity index (χ0n) is 12.4. The SMILES string of the molecule is Cl.NC1(C(=O)N2CCN(C(=O)c3ccc(F)cc3F)CC2)CC1. The van der Waals surface area contributed by atoms with Crippen molar-refractivity contribution in [3.8, 4) is 0 Å². The molecule has 1 aromatic carbocycles. The molecule has 2 aliphatic rings. The van der Waals surface area contributed by atoms with Gasteiger partial charge in [-0.1, -0.05) is 0 Å². The summed E-state index contributed by atoms with van der Waals surface area (Å²) in [7, 11) is 0. The summed E-state index contributed by atoms with van der Waals surface area (Å²) in [6.45, 7) is 1.40. The number of carbonyl (C=O) groups excluding carboxylic acids is 2. The van der Waals surface area contributed by atoms with Crippen LogP contribution in [0.15, 0.2) is 18.2 Å². The molecule has 1 aliphatic heterocycles.